The van der Waals surface area contributed by atoms with Crippen molar-refractivity contribution in [3.8, 4) is 22.8 Å². The lowest BCUT2D eigenvalue weighted by atomic mass is 9.90. The Morgan fingerprint density at radius 2 is 1.44 bits per heavy atom. The first-order valence-electron chi connectivity index (χ1n) is 23.6. The molecule has 6 aromatic rings. The first-order valence-corrected chi connectivity index (χ1v) is 23.6. The molecule has 0 aliphatic heterocycles. The summed E-state index contributed by atoms with van der Waals surface area (Å²) in [5, 5.41) is 16.4. The molecule has 3 N–H and O–H groups in total. The average Bonchev–Trinajstić information content (AvgIpc) is 4.14. The van der Waals surface area contributed by atoms with E-state index in [0.717, 1.165) is 23.5 Å². The highest BCUT2D eigenvalue weighted by Gasteiger charge is 2.34. The van der Waals surface area contributed by atoms with Crippen LogP contribution in [0, 0.1) is 5.92 Å². The van der Waals surface area contributed by atoms with Crippen molar-refractivity contribution in [2.24, 2.45) is 5.92 Å². The predicted octanol–water partition coefficient (Wildman–Crippen LogP) is 6.91. The Hall–Kier alpha value is -8.61. The molecule has 0 fully saturated rings. The van der Waals surface area contributed by atoms with E-state index in [2.05, 4.69) is 26.1 Å². The number of carbonyl (C=O) groups excluding carboxylic acids is 7. The van der Waals surface area contributed by atoms with Crippen molar-refractivity contribution in [1.29, 1.82) is 0 Å². The second kappa shape index (κ2) is 27.0. The molecule has 0 bridgehead atoms. The average molecular weight is 984 g/mol. The van der Waals surface area contributed by atoms with Gasteiger partial charge in [-0.05, 0) is 79.4 Å². The maximum Gasteiger partial charge on any atom is 0.363 e. The van der Waals surface area contributed by atoms with Crippen molar-refractivity contribution >= 4 is 42.0 Å². The van der Waals surface area contributed by atoms with E-state index in [-0.39, 0.29) is 61.3 Å². The molecule has 0 radical (unpaired) electrons. The van der Waals surface area contributed by atoms with E-state index in [9.17, 15) is 33.6 Å². The molecule has 4 amide bonds. The normalized spacial score (nSPS) is 12.0. The van der Waals surface area contributed by atoms with Gasteiger partial charge in [0, 0.05) is 11.3 Å². The number of esters is 2. The monoisotopic (exact) mass is 983 g/mol. The van der Waals surface area contributed by atoms with Gasteiger partial charge in [-0.15, -0.1) is 10.2 Å². The first-order chi connectivity index (χ1) is 35.0. The minimum absolute atomic E-state index is 0.0315. The number of hydrogen-bond acceptors (Lipinski definition) is 14. The molecule has 0 saturated carbocycles. The highest BCUT2D eigenvalue weighted by Crippen LogP contribution is 2.30. The lowest BCUT2D eigenvalue weighted by Gasteiger charge is -2.31. The Kier molecular flexibility index (Phi) is 19.8. The fraction of sp³-hybridized carbons (Fsp3) is 0.302. The second-order valence-corrected chi connectivity index (χ2v) is 16.3. The summed E-state index contributed by atoms with van der Waals surface area (Å²) in [6.07, 6.45) is 5.89. The summed E-state index contributed by atoms with van der Waals surface area (Å²) in [5.74, 6) is -4.73. The number of hydroxylamine groups is 2. The highest BCUT2D eigenvalue weighted by molar-refractivity contribution is 6.00. The standard InChI is InChI=1S/C53H57N7O12/c1-4-7-10-19-41(44(5-2)60(35-61)72-52(66)38-20-23-40(24-21-38)59-33-56-57-34-59)49(63)54-32-55-51(65)46-27-26-45(71-46)39-22-25-42(47(28-39)68-6-3)50(64)58-43(53(67)70-31-37-17-13-9-14-18-37)29-48(62)69-30-36-15-11-8-12-16-36/h8-9,11-18,20-28,33-35,41,43-44H,4-7,10,19,29-32H2,1-3H3,(H,54,63)(H,55,65)(H,58,64)/t41?,43?,44-/m1/s1. The van der Waals surface area contributed by atoms with Gasteiger partial charge in [0.15, 0.2) is 5.76 Å². The van der Waals surface area contributed by atoms with Crippen LogP contribution in [0.15, 0.2) is 132 Å². The molecule has 2 heterocycles. The molecule has 6 rings (SSSR count). The predicted molar refractivity (Wildman–Crippen MR) is 261 cm³/mol. The van der Waals surface area contributed by atoms with Gasteiger partial charge in [-0.1, -0.05) is 99.8 Å². The number of carbonyl (C=O) groups is 7. The maximum atomic E-state index is 13.8. The maximum absolute atomic E-state index is 13.8. The number of ether oxygens (including phenoxy) is 3. The molecule has 0 spiro atoms. The van der Waals surface area contributed by atoms with Gasteiger partial charge < -0.3 is 39.4 Å². The number of amides is 4. The molecule has 19 heteroatoms. The zero-order valence-electron chi connectivity index (χ0n) is 40.2. The lowest BCUT2D eigenvalue weighted by Crippen LogP contribution is -2.49. The zero-order valence-corrected chi connectivity index (χ0v) is 40.2. The third-order valence-electron chi connectivity index (χ3n) is 11.4. The molecule has 19 nitrogen and oxygen atoms in total. The van der Waals surface area contributed by atoms with E-state index < -0.39 is 60.1 Å². The Balaban J connectivity index is 1.08. The van der Waals surface area contributed by atoms with Crippen molar-refractivity contribution in [3.63, 3.8) is 0 Å². The lowest BCUT2D eigenvalue weighted by molar-refractivity contribution is -0.171. The summed E-state index contributed by atoms with van der Waals surface area (Å²) < 4.78 is 24.3. The Morgan fingerprint density at radius 3 is 2.08 bits per heavy atom. The Bertz CT molecular complexity index is 2730. The topological polar surface area (TPSA) is 240 Å². The van der Waals surface area contributed by atoms with Gasteiger partial charge >= 0.3 is 17.9 Å². The van der Waals surface area contributed by atoms with Crippen LogP contribution in [0.5, 0.6) is 5.75 Å². The van der Waals surface area contributed by atoms with Gasteiger partial charge in [-0.25, -0.2) is 9.59 Å². The fourth-order valence-corrected chi connectivity index (χ4v) is 7.58. The van der Waals surface area contributed by atoms with Crippen LogP contribution in [0.4, 0.5) is 0 Å². The van der Waals surface area contributed by atoms with Gasteiger partial charge in [0.2, 0.25) is 12.3 Å². The highest BCUT2D eigenvalue weighted by atomic mass is 16.7. The van der Waals surface area contributed by atoms with E-state index in [0.29, 0.717) is 36.1 Å². The van der Waals surface area contributed by atoms with Crippen molar-refractivity contribution in [1.82, 2.24) is 35.8 Å². The molecule has 376 valence electrons. The first kappa shape index (κ1) is 52.8. The van der Waals surface area contributed by atoms with Crippen molar-refractivity contribution < 1.29 is 57.0 Å². The summed E-state index contributed by atoms with van der Waals surface area (Å²) in [7, 11) is 0. The van der Waals surface area contributed by atoms with E-state index in [1.54, 1.807) is 91.2 Å². The van der Waals surface area contributed by atoms with E-state index >= 15 is 0 Å². The number of rotatable bonds is 27. The van der Waals surface area contributed by atoms with E-state index in [4.69, 9.17) is 23.5 Å². The summed E-state index contributed by atoms with van der Waals surface area (Å²) in [4.78, 5) is 98.4. The van der Waals surface area contributed by atoms with Gasteiger partial charge in [-0.3, -0.25) is 28.5 Å². The quantitative estimate of drug-likeness (QED) is 0.0156. The number of aromatic nitrogens is 3. The molecule has 2 aromatic heterocycles. The second-order valence-electron chi connectivity index (χ2n) is 16.3. The number of hydrogen-bond donors (Lipinski definition) is 3. The van der Waals surface area contributed by atoms with Crippen LogP contribution in [0.3, 0.4) is 0 Å². The molecular formula is C53H57N7O12. The van der Waals surface area contributed by atoms with Crippen molar-refractivity contribution in [3.05, 3.63) is 156 Å². The summed E-state index contributed by atoms with van der Waals surface area (Å²) in [6, 6.07) is 29.7. The van der Waals surface area contributed by atoms with Crippen molar-refractivity contribution in [2.75, 3.05) is 13.3 Å². The van der Waals surface area contributed by atoms with Crippen molar-refractivity contribution in [2.45, 2.75) is 84.6 Å². The van der Waals surface area contributed by atoms with Gasteiger partial charge in [0.1, 0.15) is 43.4 Å². The van der Waals surface area contributed by atoms with Gasteiger partial charge in [0.05, 0.1) is 42.8 Å². The number of furan rings is 1. The van der Waals surface area contributed by atoms with E-state index in [1.165, 1.54) is 43.0 Å². The number of nitrogens with one attached hydrogen (secondary N) is 3. The van der Waals surface area contributed by atoms with Crippen LogP contribution in [-0.4, -0.2) is 87.2 Å². The number of unbranched alkanes of at least 4 members (excludes halogenated alkanes) is 2. The largest absolute Gasteiger partial charge is 0.493 e. The SMILES string of the molecule is CCCCCC(C(=O)NCNC(=O)c1ccc(-c2ccc(C(=O)NC(CC(=O)OCc3ccccc3)C(=O)OCc3ccccc3)c(OCC)c2)o1)[C@@H](CC)N(C=O)OC(=O)c1ccc(-n2cnnc2)cc1. The van der Waals surface area contributed by atoms with Crippen LogP contribution in [-0.2, 0) is 46.7 Å². The summed E-state index contributed by atoms with van der Waals surface area (Å²) >= 11 is 0. The molecule has 4 aromatic carbocycles. The summed E-state index contributed by atoms with van der Waals surface area (Å²) in [5.41, 5.74) is 2.82. The Labute approximate surface area is 416 Å². The Morgan fingerprint density at radius 1 is 0.764 bits per heavy atom. The van der Waals surface area contributed by atoms with Crippen LogP contribution in [0.1, 0.15) is 102 Å². The van der Waals surface area contributed by atoms with Gasteiger partial charge in [-0.2, -0.15) is 5.06 Å². The van der Waals surface area contributed by atoms with Crippen LogP contribution in [0.2, 0.25) is 0 Å². The molecule has 72 heavy (non-hydrogen) atoms. The molecular weight excluding hydrogens is 927 g/mol. The summed E-state index contributed by atoms with van der Waals surface area (Å²) in [6.45, 7) is 5.26. The fourth-order valence-electron chi connectivity index (χ4n) is 7.58. The molecule has 0 aliphatic rings. The van der Waals surface area contributed by atoms with Crippen LogP contribution >= 0.6 is 0 Å². The molecule has 0 saturated heterocycles. The van der Waals surface area contributed by atoms with E-state index in [1.807, 2.05) is 19.1 Å². The smallest absolute Gasteiger partial charge is 0.363 e. The van der Waals surface area contributed by atoms with Gasteiger partial charge in [0.25, 0.3) is 11.8 Å². The number of nitrogens with zero attached hydrogens (tertiary/aromatic N) is 4. The van der Waals surface area contributed by atoms with Crippen LogP contribution < -0.4 is 20.7 Å². The molecule has 0 aliphatic carbocycles. The minimum atomic E-state index is -1.41. The zero-order chi connectivity index (χ0) is 51.2. The molecule has 3 atom stereocenters. The third-order valence-corrected chi connectivity index (χ3v) is 11.4. The third kappa shape index (κ3) is 14.9. The number of benzene rings is 4. The minimum Gasteiger partial charge on any atom is -0.493 e. The molecule has 2 unspecified atom stereocenters. The van der Waals surface area contributed by atoms with Crippen LogP contribution in [0.25, 0.3) is 17.0 Å².